The van der Waals surface area contributed by atoms with Gasteiger partial charge in [-0.05, 0) is 35.7 Å². The van der Waals surface area contributed by atoms with E-state index in [2.05, 4.69) is 15.1 Å². The molecular weight excluding hydrogens is 520 g/mol. The summed E-state index contributed by atoms with van der Waals surface area (Å²) in [6.45, 7) is 1.34. The highest BCUT2D eigenvalue weighted by molar-refractivity contribution is 8.31. The Bertz CT molecular complexity index is 1530. The lowest BCUT2D eigenvalue weighted by molar-refractivity contribution is 0.269. The van der Waals surface area contributed by atoms with Gasteiger partial charge in [0.15, 0.2) is 23.1 Å². The third kappa shape index (κ3) is 4.92. The van der Waals surface area contributed by atoms with Gasteiger partial charge in [0, 0.05) is 72.5 Å². The number of aromatic amines is 1. The zero-order chi connectivity index (χ0) is 26.3. The second-order valence-electron chi connectivity index (χ2n) is 9.10. The maximum Gasteiger partial charge on any atom is 0.171 e. The smallest absolute Gasteiger partial charge is 0.171 e. The SMILES string of the molecule is COc1cc(OC)c(F)c(Cc2c[nH]c3ncc(-c4cnn(C5CCN(S(C)(=O)=S)CC5)c4)cc23)c1F. The molecule has 5 rings (SSSR count). The van der Waals surface area contributed by atoms with Crippen molar-refractivity contribution in [2.75, 3.05) is 33.6 Å². The van der Waals surface area contributed by atoms with Crippen LogP contribution in [-0.2, 0) is 26.3 Å². The summed E-state index contributed by atoms with van der Waals surface area (Å²) in [6.07, 6.45) is 10.4. The molecular formula is C25H27F2N5O3S2. The fourth-order valence-corrected chi connectivity index (χ4v) is 6.09. The first kappa shape index (κ1) is 25.6. The summed E-state index contributed by atoms with van der Waals surface area (Å²) in [7, 11) is 0.291. The van der Waals surface area contributed by atoms with Gasteiger partial charge in [0.05, 0.1) is 35.1 Å². The quantitative estimate of drug-likeness (QED) is 0.373. The van der Waals surface area contributed by atoms with Crippen molar-refractivity contribution < 1.29 is 22.5 Å². The van der Waals surface area contributed by atoms with E-state index in [1.54, 1.807) is 24.8 Å². The second-order valence-corrected chi connectivity index (χ2v) is 12.9. The number of hydrogen-bond acceptors (Lipinski definition) is 6. The van der Waals surface area contributed by atoms with Crippen LogP contribution < -0.4 is 9.47 Å². The van der Waals surface area contributed by atoms with Gasteiger partial charge in [0.2, 0.25) is 0 Å². The van der Waals surface area contributed by atoms with Gasteiger partial charge >= 0.3 is 0 Å². The highest BCUT2D eigenvalue weighted by Gasteiger charge is 2.25. The van der Waals surface area contributed by atoms with Crippen LogP contribution in [0.3, 0.4) is 0 Å². The molecule has 0 spiro atoms. The van der Waals surface area contributed by atoms with Crippen LogP contribution in [0.1, 0.15) is 30.0 Å². The minimum atomic E-state index is -2.36. The molecule has 1 atom stereocenters. The van der Waals surface area contributed by atoms with E-state index in [9.17, 15) is 13.0 Å². The molecule has 1 unspecified atom stereocenters. The zero-order valence-corrected chi connectivity index (χ0v) is 22.3. The van der Waals surface area contributed by atoms with E-state index in [0.717, 1.165) is 29.4 Å². The number of halogens is 2. The van der Waals surface area contributed by atoms with Crippen molar-refractivity contribution in [3.8, 4) is 22.6 Å². The number of hydrogen-bond donors (Lipinski definition) is 1. The number of piperidine rings is 1. The monoisotopic (exact) mass is 547 g/mol. The Morgan fingerprint density at radius 3 is 2.41 bits per heavy atom. The lowest BCUT2D eigenvalue weighted by Crippen LogP contribution is -2.37. The number of H-pyrrole nitrogens is 1. The maximum atomic E-state index is 15.0. The fourth-order valence-electron chi connectivity index (χ4n) is 4.77. The van der Waals surface area contributed by atoms with Crippen molar-refractivity contribution >= 4 is 30.9 Å². The Balaban J connectivity index is 1.42. The average Bonchev–Trinajstić information content (AvgIpc) is 3.54. The van der Waals surface area contributed by atoms with Crippen LogP contribution in [0.15, 0.2) is 36.9 Å². The standard InChI is InChI=1S/C25H27F2N5O3S2/c1-34-21-10-22(35-2)24(27)20(23(21)26)9-16-12-29-25-19(16)8-15(11-28-25)17-13-30-32(14-17)18-4-6-31(7-5-18)37(3,33)36/h8,10-14,18H,4-7,9H2,1-3H3,(H,28,29). The van der Waals surface area contributed by atoms with Crippen molar-refractivity contribution in [1.82, 2.24) is 24.1 Å². The van der Waals surface area contributed by atoms with Gasteiger partial charge in [-0.2, -0.15) is 5.10 Å². The second kappa shape index (κ2) is 9.99. The van der Waals surface area contributed by atoms with E-state index >= 15 is 0 Å². The zero-order valence-electron chi connectivity index (χ0n) is 20.7. The summed E-state index contributed by atoms with van der Waals surface area (Å²) < 4.78 is 56.0. The van der Waals surface area contributed by atoms with Crippen molar-refractivity contribution in [2.24, 2.45) is 0 Å². The van der Waals surface area contributed by atoms with Crippen molar-refractivity contribution in [3.05, 3.63) is 59.7 Å². The molecule has 1 N–H and O–H groups in total. The van der Waals surface area contributed by atoms with Gasteiger partial charge in [0.25, 0.3) is 0 Å². The summed E-state index contributed by atoms with van der Waals surface area (Å²) in [5.74, 6) is -1.69. The first-order valence-electron chi connectivity index (χ1n) is 11.7. The van der Waals surface area contributed by atoms with E-state index in [0.29, 0.717) is 24.3 Å². The van der Waals surface area contributed by atoms with Crippen LogP contribution in [0.25, 0.3) is 22.2 Å². The first-order chi connectivity index (χ1) is 17.7. The molecule has 1 fully saturated rings. The number of nitrogens with zero attached hydrogens (tertiary/aromatic N) is 4. The van der Waals surface area contributed by atoms with Crippen LogP contribution in [0.2, 0.25) is 0 Å². The average molecular weight is 548 g/mol. The molecule has 0 radical (unpaired) electrons. The van der Waals surface area contributed by atoms with Gasteiger partial charge < -0.3 is 14.5 Å². The number of fused-ring (bicyclic) bond motifs is 1. The van der Waals surface area contributed by atoms with Crippen LogP contribution in [0.5, 0.6) is 11.5 Å². The number of nitrogens with one attached hydrogen (secondary N) is 1. The van der Waals surface area contributed by atoms with E-state index in [4.69, 9.17) is 20.7 Å². The summed E-state index contributed by atoms with van der Waals surface area (Å²) in [5, 5.41) is 5.31. The lowest BCUT2D eigenvalue weighted by Gasteiger charge is -2.31. The molecule has 1 saturated heterocycles. The molecule has 12 heteroatoms. The molecule has 1 aromatic carbocycles. The van der Waals surface area contributed by atoms with Gasteiger partial charge in [-0.15, -0.1) is 0 Å². The molecule has 37 heavy (non-hydrogen) atoms. The normalized spacial score (nSPS) is 16.7. The van der Waals surface area contributed by atoms with Crippen LogP contribution in [0.4, 0.5) is 8.78 Å². The predicted octanol–water partition coefficient (Wildman–Crippen LogP) is 4.24. The van der Waals surface area contributed by atoms with Gasteiger partial charge in [-0.25, -0.2) is 22.3 Å². The number of ether oxygens (including phenoxy) is 2. The van der Waals surface area contributed by atoms with E-state index < -0.39 is 20.3 Å². The Labute approximate surface area is 218 Å². The maximum absolute atomic E-state index is 15.0. The summed E-state index contributed by atoms with van der Waals surface area (Å²) in [4.78, 5) is 7.59. The van der Waals surface area contributed by atoms with E-state index in [1.807, 2.05) is 21.3 Å². The third-order valence-electron chi connectivity index (χ3n) is 6.85. The Morgan fingerprint density at radius 2 is 1.78 bits per heavy atom. The number of benzene rings is 1. The molecule has 4 aromatic rings. The van der Waals surface area contributed by atoms with Gasteiger partial charge in [0.1, 0.15) is 5.65 Å². The molecule has 0 saturated carbocycles. The predicted molar refractivity (Wildman–Crippen MR) is 141 cm³/mol. The molecule has 196 valence electrons. The minimum Gasteiger partial charge on any atom is -0.494 e. The van der Waals surface area contributed by atoms with Crippen LogP contribution >= 0.6 is 0 Å². The molecule has 1 aliphatic heterocycles. The van der Waals surface area contributed by atoms with Crippen LogP contribution in [-0.4, -0.2) is 61.8 Å². The number of pyridine rings is 1. The van der Waals surface area contributed by atoms with Crippen molar-refractivity contribution in [1.29, 1.82) is 0 Å². The number of aromatic nitrogens is 4. The number of methoxy groups -OCH3 is 2. The topological polar surface area (TPSA) is 85.3 Å². The van der Waals surface area contributed by atoms with Gasteiger partial charge in [-0.1, -0.05) is 0 Å². The summed E-state index contributed by atoms with van der Waals surface area (Å²) in [5.41, 5.74) is 2.87. The Morgan fingerprint density at radius 1 is 1.11 bits per heavy atom. The molecule has 0 amide bonds. The Hall–Kier alpha value is -3.09. The van der Waals surface area contributed by atoms with Crippen LogP contribution in [0, 0.1) is 11.6 Å². The van der Waals surface area contributed by atoms with E-state index in [1.165, 1.54) is 20.3 Å². The fraction of sp³-hybridized carbons (Fsp3) is 0.360. The highest BCUT2D eigenvalue weighted by Crippen LogP contribution is 2.34. The summed E-state index contributed by atoms with van der Waals surface area (Å²) in [6, 6.07) is 3.33. The van der Waals surface area contributed by atoms with Crippen molar-refractivity contribution in [3.63, 3.8) is 0 Å². The molecule has 1 aliphatic rings. The van der Waals surface area contributed by atoms with E-state index in [-0.39, 0.29) is 29.5 Å². The first-order valence-corrected chi connectivity index (χ1v) is 14.6. The van der Waals surface area contributed by atoms with Crippen molar-refractivity contribution in [2.45, 2.75) is 25.3 Å². The lowest BCUT2D eigenvalue weighted by atomic mass is 10.0. The molecule has 3 aromatic heterocycles. The summed E-state index contributed by atoms with van der Waals surface area (Å²) >= 11 is 5.12. The Kier molecular flexibility index (Phi) is 6.90. The molecule has 0 aliphatic carbocycles. The van der Waals surface area contributed by atoms with Gasteiger partial charge in [-0.3, -0.25) is 4.68 Å². The minimum absolute atomic E-state index is 0.0162. The largest absolute Gasteiger partial charge is 0.494 e. The highest BCUT2D eigenvalue weighted by atomic mass is 32.8. The molecule has 4 heterocycles. The molecule has 0 bridgehead atoms. The molecule has 8 nitrogen and oxygen atoms in total. The number of rotatable bonds is 7. The third-order valence-corrected chi connectivity index (χ3v) is 8.79.